The van der Waals surface area contributed by atoms with Crippen LogP contribution in [0.3, 0.4) is 0 Å². The molecule has 0 radical (unpaired) electrons. The number of nitrogen functional groups attached to an aromatic ring is 1. The van der Waals surface area contributed by atoms with Gasteiger partial charge in [-0.05, 0) is 40.3 Å². The van der Waals surface area contributed by atoms with E-state index in [0.717, 1.165) is 10.2 Å². The zero-order chi connectivity index (χ0) is 19.1. The van der Waals surface area contributed by atoms with Gasteiger partial charge in [0.05, 0.1) is 6.21 Å². The minimum Gasteiger partial charge on any atom is -0.488 e. The Bertz CT molecular complexity index is 940. The molecule has 27 heavy (non-hydrogen) atoms. The molecule has 3 aromatic rings. The molecule has 138 valence electrons. The second-order valence-electron chi connectivity index (χ2n) is 5.44. The number of rotatable bonds is 7. The van der Waals surface area contributed by atoms with Gasteiger partial charge in [-0.3, -0.25) is 4.79 Å². The first-order chi connectivity index (χ1) is 13.1. The third kappa shape index (κ3) is 5.25. The summed E-state index contributed by atoms with van der Waals surface area (Å²) in [6.07, 6.45) is 1.50. The van der Waals surface area contributed by atoms with E-state index in [9.17, 15) is 4.79 Å². The van der Waals surface area contributed by atoms with Crippen LogP contribution in [0.25, 0.3) is 0 Å². The van der Waals surface area contributed by atoms with Gasteiger partial charge >= 0.3 is 0 Å². The number of hydrazone groups is 1. The lowest BCUT2D eigenvalue weighted by atomic mass is 10.2. The molecular weight excluding hydrogens is 370 g/mol. The smallest absolute Gasteiger partial charge is 0.261 e. The van der Waals surface area contributed by atoms with Gasteiger partial charge in [-0.1, -0.05) is 41.0 Å². The summed E-state index contributed by atoms with van der Waals surface area (Å²) < 4.78 is 6.99. The number of hydrogen-bond donors (Lipinski definition) is 2. The third-order valence-corrected chi connectivity index (χ3v) is 3.72. The zero-order valence-electron chi connectivity index (χ0n) is 14.1. The summed E-state index contributed by atoms with van der Waals surface area (Å²) in [5.74, 6) is 0.273. The summed E-state index contributed by atoms with van der Waals surface area (Å²) in [5, 5.41) is 15.0. The van der Waals surface area contributed by atoms with Crippen LogP contribution < -0.4 is 15.9 Å². The fourth-order valence-electron chi connectivity index (χ4n) is 2.13. The minimum atomic E-state index is -0.412. The van der Waals surface area contributed by atoms with Gasteiger partial charge in [0, 0.05) is 10.6 Å². The molecule has 0 saturated heterocycles. The van der Waals surface area contributed by atoms with Crippen LogP contribution in [0.2, 0.25) is 5.02 Å². The standard InChI is InChI=1S/C17H16ClN7O2/c18-14-7-5-12(6-8-14)11-27-15-4-2-1-3-13(15)9-20-21-16(26)10-25-17(19)22-23-24-25/h1-9H,10-11H2,(H,21,26)(H2,19,22,24). The summed E-state index contributed by atoms with van der Waals surface area (Å²) in [4.78, 5) is 11.8. The number of amides is 1. The number of halogens is 1. The maximum absolute atomic E-state index is 11.8. The molecule has 10 heteroatoms. The Hall–Kier alpha value is -3.46. The number of hydrogen-bond acceptors (Lipinski definition) is 7. The minimum absolute atomic E-state index is 0.0510. The van der Waals surface area contributed by atoms with Crippen molar-refractivity contribution in [2.24, 2.45) is 5.10 Å². The fraction of sp³-hybridized carbons (Fsp3) is 0.118. The Morgan fingerprint density at radius 3 is 2.78 bits per heavy atom. The number of aromatic nitrogens is 4. The van der Waals surface area contributed by atoms with Crippen LogP contribution >= 0.6 is 11.6 Å². The first kappa shape index (κ1) is 18.3. The molecular formula is C17H16ClN7O2. The Morgan fingerprint density at radius 1 is 1.26 bits per heavy atom. The van der Waals surface area contributed by atoms with Crippen molar-refractivity contribution in [1.82, 2.24) is 25.6 Å². The van der Waals surface area contributed by atoms with Crippen LogP contribution in [0, 0.1) is 0 Å². The topological polar surface area (TPSA) is 120 Å². The quantitative estimate of drug-likeness (QED) is 0.471. The van der Waals surface area contributed by atoms with Crippen LogP contribution in [0.1, 0.15) is 11.1 Å². The third-order valence-electron chi connectivity index (χ3n) is 3.47. The molecule has 1 aromatic heterocycles. The van der Waals surface area contributed by atoms with Crippen molar-refractivity contribution in [1.29, 1.82) is 0 Å². The summed E-state index contributed by atoms with van der Waals surface area (Å²) in [7, 11) is 0. The van der Waals surface area contributed by atoms with E-state index in [4.69, 9.17) is 22.1 Å². The number of nitrogens with two attached hydrogens (primary N) is 1. The summed E-state index contributed by atoms with van der Waals surface area (Å²) in [6.45, 7) is 0.248. The van der Waals surface area contributed by atoms with Gasteiger partial charge in [-0.25, -0.2) is 10.1 Å². The van der Waals surface area contributed by atoms with E-state index in [1.165, 1.54) is 6.21 Å². The van der Waals surface area contributed by atoms with Crippen LogP contribution in [0.5, 0.6) is 5.75 Å². The Balaban J connectivity index is 1.58. The SMILES string of the molecule is Nc1nnnn1CC(=O)NN=Cc1ccccc1OCc1ccc(Cl)cc1. The molecule has 0 aliphatic heterocycles. The van der Waals surface area contributed by atoms with Gasteiger partial charge in [-0.15, -0.1) is 0 Å². The number of carbonyl (C=O) groups is 1. The van der Waals surface area contributed by atoms with E-state index < -0.39 is 5.91 Å². The number of nitrogens with zero attached hydrogens (tertiary/aromatic N) is 5. The number of tetrazole rings is 1. The first-order valence-corrected chi connectivity index (χ1v) is 8.29. The monoisotopic (exact) mass is 385 g/mol. The normalized spacial score (nSPS) is 10.9. The zero-order valence-corrected chi connectivity index (χ0v) is 14.9. The number of ether oxygens (including phenoxy) is 1. The Morgan fingerprint density at radius 2 is 2.04 bits per heavy atom. The molecule has 3 N–H and O–H groups in total. The number of benzene rings is 2. The van der Waals surface area contributed by atoms with Crippen LogP contribution in [0.15, 0.2) is 53.6 Å². The molecule has 3 rings (SSSR count). The molecule has 0 spiro atoms. The van der Waals surface area contributed by atoms with E-state index >= 15 is 0 Å². The molecule has 0 aliphatic rings. The van der Waals surface area contributed by atoms with E-state index in [2.05, 4.69) is 26.1 Å². The van der Waals surface area contributed by atoms with Crippen molar-refractivity contribution < 1.29 is 9.53 Å². The molecule has 0 unspecified atom stereocenters. The number of para-hydroxylation sites is 1. The predicted molar refractivity (Wildman–Crippen MR) is 100 cm³/mol. The fourth-order valence-corrected chi connectivity index (χ4v) is 2.26. The average molecular weight is 386 g/mol. The Kier molecular flexibility index (Phi) is 5.95. The van der Waals surface area contributed by atoms with E-state index in [0.29, 0.717) is 22.9 Å². The molecule has 0 atom stereocenters. The van der Waals surface area contributed by atoms with Crippen molar-refractivity contribution in [3.8, 4) is 5.75 Å². The van der Waals surface area contributed by atoms with Gasteiger partial charge in [0.15, 0.2) is 0 Å². The summed E-state index contributed by atoms with van der Waals surface area (Å²) in [5.41, 5.74) is 9.60. The molecule has 0 fully saturated rings. The van der Waals surface area contributed by atoms with E-state index in [1.807, 2.05) is 36.4 Å². The molecule has 2 aromatic carbocycles. The maximum atomic E-state index is 11.8. The Labute approximate surface area is 159 Å². The van der Waals surface area contributed by atoms with Crippen molar-refractivity contribution in [3.05, 3.63) is 64.7 Å². The molecule has 1 heterocycles. The lowest BCUT2D eigenvalue weighted by molar-refractivity contribution is -0.121. The first-order valence-electron chi connectivity index (χ1n) is 7.91. The molecule has 0 saturated carbocycles. The van der Waals surface area contributed by atoms with Crippen LogP contribution in [0.4, 0.5) is 5.95 Å². The second kappa shape index (κ2) is 8.77. The van der Waals surface area contributed by atoms with Crippen LogP contribution in [-0.4, -0.2) is 32.3 Å². The molecule has 1 amide bonds. The second-order valence-corrected chi connectivity index (χ2v) is 5.88. The van der Waals surface area contributed by atoms with Crippen molar-refractivity contribution >= 4 is 29.7 Å². The number of nitrogens with one attached hydrogen (secondary N) is 1. The highest BCUT2D eigenvalue weighted by atomic mass is 35.5. The highest BCUT2D eigenvalue weighted by Crippen LogP contribution is 2.18. The largest absolute Gasteiger partial charge is 0.488 e. The number of anilines is 1. The van der Waals surface area contributed by atoms with Crippen molar-refractivity contribution in [2.45, 2.75) is 13.2 Å². The van der Waals surface area contributed by atoms with E-state index in [1.54, 1.807) is 12.1 Å². The van der Waals surface area contributed by atoms with Gasteiger partial charge in [0.1, 0.15) is 18.9 Å². The van der Waals surface area contributed by atoms with E-state index in [-0.39, 0.29) is 12.5 Å². The van der Waals surface area contributed by atoms with Crippen LogP contribution in [-0.2, 0) is 17.9 Å². The van der Waals surface area contributed by atoms with Gasteiger partial charge in [-0.2, -0.15) is 5.10 Å². The lowest BCUT2D eigenvalue weighted by Gasteiger charge is -2.09. The summed E-state index contributed by atoms with van der Waals surface area (Å²) in [6, 6.07) is 14.7. The van der Waals surface area contributed by atoms with Crippen molar-refractivity contribution in [2.75, 3.05) is 5.73 Å². The van der Waals surface area contributed by atoms with Crippen molar-refractivity contribution in [3.63, 3.8) is 0 Å². The lowest BCUT2D eigenvalue weighted by Crippen LogP contribution is -2.24. The van der Waals surface area contributed by atoms with Gasteiger partial charge in [0.25, 0.3) is 5.91 Å². The van der Waals surface area contributed by atoms with Gasteiger partial charge < -0.3 is 10.5 Å². The van der Waals surface area contributed by atoms with Gasteiger partial charge in [0.2, 0.25) is 5.95 Å². The molecule has 0 bridgehead atoms. The molecule has 0 aliphatic carbocycles. The number of carbonyl (C=O) groups excluding carboxylic acids is 1. The average Bonchev–Trinajstić information content (AvgIpc) is 3.07. The highest BCUT2D eigenvalue weighted by Gasteiger charge is 2.07. The predicted octanol–water partition coefficient (Wildman–Crippen LogP) is 1.64. The summed E-state index contributed by atoms with van der Waals surface area (Å²) >= 11 is 5.88. The highest BCUT2D eigenvalue weighted by molar-refractivity contribution is 6.30. The molecule has 9 nitrogen and oxygen atoms in total. The maximum Gasteiger partial charge on any atom is 0.261 e.